The van der Waals surface area contributed by atoms with Gasteiger partial charge in [-0.25, -0.2) is 14.0 Å². The molecule has 0 unspecified atom stereocenters. The van der Waals surface area contributed by atoms with Gasteiger partial charge in [-0.1, -0.05) is 6.07 Å². The molecule has 0 aromatic heterocycles. The van der Waals surface area contributed by atoms with Gasteiger partial charge < -0.3 is 15.7 Å². The first-order valence-corrected chi connectivity index (χ1v) is 6.61. The number of anilines is 2. The molecule has 0 aliphatic rings. The minimum absolute atomic E-state index is 0.0553. The Balaban J connectivity index is 2.10. The van der Waals surface area contributed by atoms with E-state index in [0.29, 0.717) is 10.2 Å². The number of urea groups is 1. The molecule has 0 saturated heterocycles. The Morgan fingerprint density at radius 3 is 2.57 bits per heavy atom. The van der Waals surface area contributed by atoms with E-state index >= 15 is 0 Å². The topological polar surface area (TPSA) is 78.4 Å². The lowest BCUT2D eigenvalue weighted by atomic mass is 10.2. The van der Waals surface area contributed by atoms with E-state index in [4.69, 9.17) is 5.11 Å². The van der Waals surface area contributed by atoms with E-state index < -0.39 is 17.8 Å². The molecule has 0 atom stereocenters. The zero-order valence-electron chi connectivity index (χ0n) is 10.6. The van der Waals surface area contributed by atoms with Gasteiger partial charge in [0.05, 0.1) is 11.3 Å². The van der Waals surface area contributed by atoms with Gasteiger partial charge in [0.15, 0.2) is 0 Å². The van der Waals surface area contributed by atoms with E-state index in [1.54, 1.807) is 6.07 Å². The van der Waals surface area contributed by atoms with E-state index in [1.807, 2.05) is 0 Å². The van der Waals surface area contributed by atoms with Gasteiger partial charge in [-0.2, -0.15) is 0 Å². The van der Waals surface area contributed by atoms with E-state index in [0.717, 1.165) is 6.07 Å². The smallest absolute Gasteiger partial charge is 0.335 e. The lowest BCUT2D eigenvalue weighted by molar-refractivity contribution is 0.0697. The average molecular weight is 353 g/mol. The van der Waals surface area contributed by atoms with E-state index in [9.17, 15) is 14.0 Å². The van der Waals surface area contributed by atoms with Crippen LogP contribution in [0.1, 0.15) is 10.4 Å². The third-order valence-corrected chi connectivity index (χ3v) is 3.24. The second-order valence-electron chi connectivity index (χ2n) is 4.09. The molecule has 0 fully saturated rings. The van der Waals surface area contributed by atoms with Crippen LogP contribution in [0.2, 0.25) is 0 Å². The molecule has 2 aromatic rings. The summed E-state index contributed by atoms with van der Waals surface area (Å²) in [5, 5.41) is 13.8. The minimum Gasteiger partial charge on any atom is -0.478 e. The van der Waals surface area contributed by atoms with E-state index in [-0.39, 0.29) is 11.3 Å². The van der Waals surface area contributed by atoms with E-state index in [1.165, 1.54) is 30.3 Å². The van der Waals surface area contributed by atoms with Gasteiger partial charge >= 0.3 is 12.0 Å². The molecule has 7 heteroatoms. The number of hydrogen-bond donors (Lipinski definition) is 3. The van der Waals surface area contributed by atoms with E-state index in [2.05, 4.69) is 26.6 Å². The zero-order valence-corrected chi connectivity index (χ0v) is 12.1. The van der Waals surface area contributed by atoms with Crippen LogP contribution in [0.4, 0.5) is 20.6 Å². The molecule has 108 valence electrons. The Bertz CT molecular complexity index is 706. The number of halogens is 2. The number of carboxylic acids is 1. The molecule has 0 spiro atoms. The molecule has 21 heavy (non-hydrogen) atoms. The molecule has 3 N–H and O–H groups in total. The number of carboxylic acid groups (broad SMARTS) is 1. The van der Waals surface area contributed by atoms with Crippen LogP contribution >= 0.6 is 15.9 Å². The summed E-state index contributed by atoms with van der Waals surface area (Å²) >= 11 is 3.19. The lowest BCUT2D eigenvalue weighted by Crippen LogP contribution is -2.20. The second-order valence-corrected chi connectivity index (χ2v) is 4.94. The second kappa shape index (κ2) is 6.36. The third-order valence-electron chi connectivity index (χ3n) is 2.54. The first-order chi connectivity index (χ1) is 9.95. The van der Waals surface area contributed by atoms with Crippen LogP contribution in [0, 0.1) is 5.82 Å². The Labute approximate surface area is 127 Å². The van der Waals surface area contributed by atoms with Crippen molar-refractivity contribution in [1.82, 2.24) is 0 Å². The average Bonchev–Trinajstić information content (AvgIpc) is 2.43. The standard InChI is InChI=1S/C14H10BrFN2O3/c15-11-5-4-9(16)7-12(11)18-14(21)17-10-3-1-2-8(6-10)13(19)20/h1-7H,(H,19,20)(H2,17,18,21). The summed E-state index contributed by atoms with van der Waals surface area (Å²) < 4.78 is 13.6. The van der Waals surface area contributed by atoms with Crippen molar-refractivity contribution in [2.24, 2.45) is 0 Å². The molecule has 0 aliphatic heterocycles. The van der Waals surface area contributed by atoms with Crippen molar-refractivity contribution in [3.63, 3.8) is 0 Å². The van der Waals surface area contributed by atoms with Crippen LogP contribution < -0.4 is 10.6 Å². The summed E-state index contributed by atoms with van der Waals surface area (Å²) in [7, 11) is 0. The van der Waals surface area contributed by atoms with Gasteiger partial charge in [0, 0.05) is 10.2 Å². The van der Waals surface area contributed by atoms with Crippen molar-refractivity contribution < 1.29 is 19.1 Å². The monoisotopic (exact) mass is 352 g/mol. The highest BCUT2D eigenvalue weighted by atomic mass is 79.9. The number of benzene rings is 2. The van der Waals surface area contributed by atoms with Gasteiger partial charge in [-0.3, -0.25) is 0 Å². The number of carbonyl (C=O) groups excluding carboxylic acids is 1. The summed E-state index contributed by atoms with van der Waals surface area (Å²) in [5.74, 6) is -1.58. The van der Waals surface area contributed by atoms with Crippen LogP contribution in [-0.4, -0.2) is 17.1 Å². The van der Waals surface area contributed by atoms with Crippen LogP contribution in [0.25, 0.3) is 0 Å². The summed E-state index contributed by atoms with van der Waals surface area (Å²) in [4.78, 5) is 22.6. The number of rotatable bonds is 3. The summed E-state index contributed by atoms with van der Waals surface area (Å²) in [6.07, 6.45) is 0. The third kappa shape index (κ3) is 4.03. The van der Waals surface area contributed by atoms with Gasteiger partial charge in [0.25, 0.3) is 0 Å². The largest absolute Gasteiger partial charge is 0.478 e. The molecule has 0 heterocycles. The Morgan fingerprint density at radius 2 is 1.86 bits per heavy atom. The summed E-state index contributed by atoms with van der Waals surface area (Å²) in [5.41, 5.74) is 0.640. The highest BCUT2D eigenvalue weighted by molar-refractivity contribution is 9.10. The Hall–Kier alpha value is -2.41. The molecular weight excluding hydrogens is 343 g/mol. The van der Waals surface area contributed by atoms with Crippen molar-refractivity contribution >= 4 is 39.3 Å². The van der Waals surface area contributed by atoms with Crippen molar-refractivity contribution in [3.05, 3.63) is 58.3 Å². The quantitative estimate of drug-likeness (QED) is 0.782. The maximum absolute atomic E-state index is 13.1. The number of hydrogen-bond acceptors (Lipinski definition) is 2. The fraction of sp³-hybridized carbons (Fsp3) is 0. The lowest BCUT2D eigenvalue weighted by Gasteiger charge is -2.09. The fourth-order valence-electron chi connectivity index (χ4n) is 1.61. The van der Waals surface area contributed by atoms with Gasteiger partial charge in [-0.15, -0.1) is 0 Å². The molecule has 0 bridgehead atoms. The summed E-state index contributed by atoms with van der Waals surface area (Å²) in [6.45, 7) is 0. The van der Waals surface area contributed by atoms with Gasteiger partial charge in [0.2, 0.25) is 0 Å². The first kappa shape index (κ1) is 15.0. The number of aromatic carboxylic acids is 1. The zero-order chi connectivity index (χ0) is 15.4. The maximum Gasteiger partial charge on any atom is 0.335 e. The van der Waals surface area contributed by atoms with Crippen LogP contribution in [0.5, 0.6) is 0 Å². The molecule has 0 radical (unpaired) electrons. The molecule has 2 rings (SSSR count). The summed E-state index contributed by atoms with van der Waals surface area (Å²) in [6, 6.07) is 9.07. The highest BCUT2D eigenvalue weighted by Gasteiger charge is 2.08. The normalized spacial score (nSPS) is 10.0. The molecule has 0 aliphatic carbocycles. The number of amides is 2. The maximum atomic E-state index is 13.1. The number of nitrogens with one attached hydrogen (secondary N) is 2. The van der Waals surface area contributed by atoms with Gasteiger partial charge in [0.1, 0.15) is 5.82 Å². The first-order valence-electron chi connectivity index (χ1n) is 5.82. The van der Waals surface area contributed by atoms with Crippen molar-refractivity contribution in [2.45, 2.75) is 0 Å². The molecule has 5 nitrogen and oxygen atoms in total. The highest BCUT2D eigenvalue weighted by Crippen LogP contribution is 2.23. The Morgan fingerprint density at radius 1 is 1.10 bits per heavy atom. The molecule has 2 aromatic carbocycles. The minimum atomic E-state index is -1.09. The Kier molecular flexibility index (Phi) is 4.54. The predicted octanol–water partition coefficient (Wildman–Crippen LogP) is 3.93. The predicted molar refractivity (Wildman–Crippen MR) is 80.1 cm³/mol. The molecular formula is C14H10BrFN2O3. The number of carbonyl (C=O) groups is 2. The van der Waals surface area contributed by atoms with Crippen LogP contribution in [-0.2, 0) is 0 Å². The van der Waals surface area contributed by atoms with Crippen LogP contribution in [0.3, 0.4) is 0 Å². The van der Waals surface area contributed by atoms with Crippen molar-refractivity contribution in [2.75, 3.05) is 10.6 Å². The van der Waals surface area contributed by atoms with Crippen molar-refractivity contribution in [3.8, 4) is 0 Å². The SMILES string of the molecule is O=C(Nc1cccc(C(=O)O)c1)Nc1cc(F)ccc1Br. The molecule has 2 amide bonds. The van der Waals surface area contributed by atoms with Gasteiger partial charge in [-0.05, 0) is 52.3 Å². The fourth-order valence-corrected chi connectivity index (χ4v) is 1.95. The van der Waals surface area contributed by atoms with Crippen molar-refractivity contribution in [1.29, 1.82) is 0 Å². The van der Waals surface area contributed by atoms with Crippen LogP contribution in [0.15, 0.2) is 46.9 Å². The molecule has 0 saturated carbocycles.